The molecular formula is C12H26N2O. The van der Waals surface area contributed by atoms with Crippen molar-refractivity contribution in [2.24, 2.45) is 0 Å². The van der Waals surface area contributed by atoms with Gasteiger partial charge in [-0.2, -0.15) is 0 Å². The molecule has 1 N–H and O–H groups in total. The van der Waals surface area contributed by atoms with E-state index in [1.165, 1.54) is 0 Å². The Kier molecular flexibility index (Phi) is 4.56. The minimum absolute atomic E-state index is 0.00777. The topological polar surface area (TPSA) is 24.5 Å². The van der Waals surface area contributed by atoms with Crippen LogP contribution in [0.4, 0.5) is 0 Å². The molecule has 90 valence electrons. The van der Waals surface area contributed by atoms with E-state index in [-0.39, 0.29) is 5.60 Å². The van der Waals surface area contributed by atoms with Crippen molar-refractivity contribution in [1.82, 2.24) is 10.2 Å². The minimum atomic E-state index is 0.00777. The van der Waals surface area contributed by atoms with Crippen LogP contribution in [-0.2, 0) is 4.74 Å². The molecular weight excluding hydrogens is 188 g/mol. The molecule has 2 atom stereocenters. The molecule has 1 rings (SSSR count). The lowest BCUT2D eigenvalue weighted by atomic mass is 10.0. The summed E-state index contributed by atoms with van der Waals surface area (Å²) in [5.41, 5.74) is 0.00777. The van der Waals surface area contributed by atoms with Gasteiger partial charge in [0.05, 0.1) is 5.60 Å². The van der Waals surface area contributed by atoms with Crippen LogP contribution < -0.4 is 5.32 Å². The third kappa shape index (κ3) is 4.09. The van der Waals surface area contributed by atoms with E-state index < -0.39 is 0 Å². The van der Waals surface area contributed by atoms with E-state index in [2.05, 4.69) is 37.9 Å². The van der Waals surface area contributed by atoms with E-state index in [0.29, 0.717) is 12.1 Å². The number of nitrogens with zero attached hydrogens (tertiary/aromatic N) is 1. The Labute approximate surface area is 94.2 Å². The molecule has 0 aromatic rings. The Balaban J connectivity index is 2.36. The van der Waals surface area contributed by atoms with Gasteiger partial charge in [-0.3, -0.25) is 4.90 Å². The number of ether oxygens (including phenoxy) is 1. The van der Waals surface area contributed by atoms with Crippen LogP contribution in [0.3, 0.4) is 0 Å². The lowest BCUT2D eigenvalue weighted by molar-refractivity contribution is 0.00123. The predicted molar refractivity (Wildman–Crippen MR) is 64.2 cm³/mol. The molecule has 0 spiro atoms. The maximum absolute atomic E-state index is 5.45. The molecule has 0 aliphatic carbocycles. The highest BCUT2D eigenvalue weighted by Crippen LogP contribution is 2.16. The van der Waals surface area contributed by atoms with Gasteiger partial charge < -0.3 is 10.1 Å². The molecule has 3 nitrogen and oxygen atoms in total. The molecule has 1 aliphatic heterocycles. The summed E-state index contributed by atoms with van der Waals surface area (Å²) in [5.74, 6) is 0. The Morgan fingerprint density at radius 1 is 1.40 bits per heavy atom. The SMILES string of the molecule is COC(C)(C)CCN1CC(C)NCC1C. The summed E-state index contributed by atoms with van der Waals surface area (Å²) in [7, 11) is 1.80. The van der Waals surface area contributed by atoms with Crippen molar-refractivity contribution in [3.63, 3.8) is 0 Å². The number of hydrogen-bond donors (Lipinski definition) is 1. The van der Waals surface area contributed by atoms with Crippen LogP contribution in [0, 0.1) is 0 Å². The summed E-state index contributed by atoms with van der Waals surface area (Å²) >= 11 is 0. The van der Waals surface area contributed by atoms with E-state index in [4.69, 9.17) is 4.74 Å². The lowest BCUT2D eigenvalue weighted by Crippen LogP contribution is -2.55. The zero-order valence-corrected chi connectivity index (χ0v) is 10.8. The maximum atomic E-state index is 5.45. The third-order valence-electron chi connectivity index (χ3n) is 3.45. The summed E-state index contributed by atoms with van der Waals surface area (Å²) in [5, 5.41) is 3.50. The van der Waals surface area contributed by atoms with Crippen LogP contribution in [0.5, 0.6) is 0 Å². The first-order valence-corrected chi connectivity index (χ1v) is 5.97. The highest BCUT2D eigenvalue weighted by atomic mass is 16.5. The predicted octanol–water partition coefficient (Wildman–Crippen LogP) is 1.48. The Bertz CT molecular complexity index is 194. The fourth-order valence-electron chi connectivity index (χ4n) is 1.92. The number of nitrogens with one attached hydrogen (secondary N) is 1. The Morgan fingerprint density at radius 3 is 2.67 bits per heavy atom. The van der Waals surface area contributed by atoms with Gasteiger partial charge in [-0.25, -0.2) is 0 Å². The van der Waals surface area contributed by atoms with Gasteiger partial charge in [-0.05, 0) is 34.1 Å². The second-order valence-electron chi connectivity index (χ2n) is 5.37. The average molecular weight is 214 g/mol. The zero-order valence-electron chi connectivity index (χ0n) is 10.8. The first-order valence-electron chi connectivity index (χ1n) is 5.97. The molecule has 1 fully saturated rings. The van der Waals surface area contributed by atoms with Crippen molar-refractivity contribution in [3.8, 4) is 0 Å². The van der Waals surface area contributed by atoms with Gasteiger partial charge in [-0.1, -0.05) is 0 Å². The summed E-state index contributed by atoms with van der Waals surface area (Å²) < 4.78 is 5.45. The Hall–Kier alpha value is -0.120. The van der Waals surface area contributed by atoms with Crippen molar-refractivity contribution in [2.75, 3.05) is 26.7 Å². The molecule has 0 radical (unpaired) electrons. The van der Waals surface area contributed by atoms with Crippen LogP contribution in [-0.4, -0.2) is 49.3 Å². The maximum Gasteiger partial charge on any atom is 0.0634 e. The summed E-state index contributed by atoms with van der Waals surface area (Å²) in [6.45, 7) is 12.2. The first-order chi connectivity index (χ1) is 6.94. The average Bonchev–Trinajstić information content (AvgIpc) is 2.20. The summed E-state index contributed by atoms with van der Waals surface area (Å²) in [4.78, 5) is 2.56. The standard InChI is InChI=1S/C12H26N2O/c1-10-9-14(11(2)8-13-10)7-6-12(3,4)15-5/h10-11,13H,6-9H2,1-5H3. The summed E-state index contributed by atoms with van der Waals surface area (Å²) in [6, 6.07) is 1.26. The van der Waals surface area contributed by atoms with Gasteiger partial charge in [-0.15, -0.1) is 0 Å². The third-order valence-corrected chi connectivity index (χ3v) is 3.45. The van der Waals surface area contributed by atoms with Gasteiger partial charge in [0.15, 0.2) is 0 Å². The molecule has 0 amide bonds. The van der Waals surface area contributed by atoms with Gasteiger partial charge in [0.2, 0.25) is 0 Å². The van der Waals surface area contributed by atoms with E-state index in [1.54, 1.807) is 7.11 Å². The Morgan fingerprint density at radius 2 is 2.07 bits per heavy atom. The number of rotatable bonds is 4. The first kappa shape index (κ1) is 12.9. The van der Waals surface area contributed by atoms with E-state index in [0.717, 1.165) is 26.1 Å². The second-order valence-corrected chi connectivity index (χ2v) is 5.37. The van der Waals surface area contributed by atoms with Gasteiger partial charge >= 0.3 is 0 Å². The normalized spacial score (nSPS) is 29.4. The highest BCUT2D eigenvalue weighted by Gasteiger charge is 2.24. The zero-order chi connectivity index (χ0) is 11.5. The van der Waals surface area contributed by atoms with Crippen molar-refractivity contribution < 1.29 is 4.74 Å². The smallest absolute Gasteiger partial charge is 0.0634 e. The van der Waals surface area contributed by atoms with E-state index >= 15 is 0 Å². The van der Waals surface area contributed by atoms with Crippen LogP contribution in [0.15, 0.2) is 0 Å². The van der Waals surface area contributed by atoms with Crippen molar-refractivity contribution in [2.45, 2.75) is 51.8 Å². The fourth-order valence-corrected chi connectivity index (χ4v) is 1.92. The molecule has 2 unspecified atom stereocenters. The number of piperazine rings is 1. The minimum Gasteiger partial charge on any atom is -0.379 e. The quantitative estimate of drug-likeness (QED) is 0.767. The van der Waals surface area contributed by atoms with Crippen LogP contribution in [0.1, 0.15) is 34.1 Å². The molecule has 0 aromatic carbocycles. The lowest BCUT2D eigenvalue weighted by Gasteiger charge is -2.39. The molecule has 1 heterocycles. The monoisotopic (exact) mass is 214 g/mol. The molecule has 1 aliphatic rings. The van der Waals surface area contributed by atoms with Crippen molar-refractivity contribution >= 4 is 0 Å². The number of methoxy groups -OCH3 is 1. The fraction of sp³-hybridized carbons (Fsp3) is 1.00. The molecule has 0 saturated carbocycles. The molecule has 0 aromatic heterocycles. The summed E-state index contributed by atoms with van der Waals surface area (Å²) in [6.07, 6.45) is 1.10. The van der Waals surface area contributed by atoms with Crippen molar-refractivity contribution in [1.29, 1.82) is 0 Å². The molecule has 3 heteroatoms. The molecule has 15 heavy (non-hydrogen) atoms. The van der Waals surface area contributed by atoms with Gasteiger partial charge in [0.1, 0.15) is 0 Å². The molecule has 1 saturated heterocycles. The highest BCUT2D eigenvalue weighted by molar-refractivity contribution is 4.82. The van der Waals surface area contributed by atoms with Crippen LogP contribution >= 0.6 is 0 Å². The number of hydrogen-bond acceptors (Lipinski definition) is 3. The van der Waals surface area contributed by atoms with Crippen molar-refractivity contribution in [3.05, 3.63) is 0 Å². The van der Waals surface area contributed by atoms with Crippen LogP contribution in [0.25, 0.3) is 0 Å². The van der Waals surface area contributed by atoms with Crippen LogP contribution in [0.2, 0.25) is 0 Å². The largest absolute Gasteiger partial charge is 0.379 e. The van der Waals surface area contributed by atoms with Gasteiger partial charge in [0, 0.05) is 38.8 Å². The van der Waals surface area contributed by atoms with E-state index in [9.17, 15) is 0 Å². The van der Waals surface area contributed by atoms with Gasteiger partial charge in [0.25, 0.3) is 0 Å². The second kappa shape index (κ2) is 5.28. The van der Waals surface area contributed by atoms with E-state index in [1.807, 2.05) is 0 Å². The molecule has 0 bridgehead atoms.